The molecule has 2 nitrogen and oxygen atoms in total. The highest BCUT2D eigenvalue weighted by Crippen LogP contribution is 2.62. The Morgan fingerprint density at radius 3 is 2.05 bits per heavy atom. The summed E-state index contributed by atoms with van der Waals surface area (Å²) < 4.78 is 0. The van der Waals surface area contributed by atoms with Crippen LogP contribution in [0.2, 0.25) is 0 Å². The van der Waals surface area contributed by atoms with E-state index in [0.29, 0.717) is 11.1 Å². The first-order valence-electron chi connectivity index (χ1n) is 8.73. The van der Waals surface area contributed by atoms with Crippen molar-refractivity contribution >= 4 is 0 Å². The van der Waals surface area contributed by atoms with E-state index in [1.807, 2.05) is 0 Å². The Kier molecular flexibility index (Phi) is 3.49. The molecule has 0 N–H and O–H groups in total. The van der Waals surface area contributed by atoms with Gasteiger partial charge in [0.25, 0.3) is 0 Å². The number of nitrogens with zero attached hydrogens (tertiary/aromatic N) is 2. The maximum atomic E-state index is 2.77. The van der Waals surface area contributed by atoms with Gasteiger partial charge in [0.05, 0.1) is 0 Å². The van der Waals surface area contributed by atoms with Crippen LogP contribution in [-0.4, -0.2) is 47.1 Å². The molecular weight excluding hydrogens is 244 g/mol. The summed E-state index contributed by atoms with van der Waals surface area (Å²) in [7, 11) is 0. The maximum absolute atomic E-state index is 2.77. The molecule has 2 aliphatic heterocycles. The van der Waals surface area contributed by atoms with Crippen LogP contribution < -0.4 is 0 Å². The lowest BCUT2D eigenvalue weighted by Gasteiger charge is -2.50. The van der Waals surface area contributed by atoms with Crippen LogP contribution in [0.1, 0.15) is 66.7 Å². The van der Waals surface area contributed by atoms with E-state index < -0.39 is 0 Å². The molecule has 20 heavy (non-hydrogen) atoms. The van der Waals surface area contributed by atoms with Crippen molar-refractivity contribution in [2.45, 2.75) is 77.8 Å². The summed E-state index contributed by atoms with van der Waals surface area (Å²) in [4.78, 5) is 5.43. The molecule has 0 bridgehead atoms. The molecule has 1 unspecified atom stereocenters. The first kappa shape index (κ1) is 14.8. The second kappa shape index (κ2) is 4.71. The van der Waals surface area contributed by atoms with E-state index in [9.17, 15) is 0 Å². The number of hydrogen-bond acceptors (Lipinski definition) is 2. The van der Waals surface area contributed by atoms with E-state index in [2.05, 4.69) is 44.4 Å². The zero-order valence-electron chi connectivity index (χ0n) is 14.3. The average Bonchev–Trinajstić information content (AvgIpc) is 3.01. The minimum absolute atomic E-state index is 0.376. The molecule has 116 valence electrons. The van der Waals surface area contributed by atoms with Crippen LogP contribution in [0.5, 0.6) is 0 Å². The smallest absolute Gasteiger partial charge is 0.0156 e. The fourth-order valence-electron chi connectivity index (χ4n) is 4.53. The van der Waals surface area contributed by atoms with Gasteiger partial charge in [-0.15, -0.1) is 0 Å². The van der Waals surface area contributed by atoms with Gasteiger partial charge in [-0.1, -0.05) is 6.42 Å². The van der Waals surface area contributed by atoms with Crippen LogP contribution >= 0.6 is 0 Å². The molecule has 3 rings (SSSR count). The van der Waals surface area contributed by atoms with E-state index in [1.54, 1.807) is 0 Å². The number of hydrogen-bond donors (Lipinski definition) is 0. The highest BCUT2D eigenvalue weighted by atomic mass is 15.3. The molecule has 0 aromatic heterocycles. The zero-order valence-corrected chi connectivity index (χ0v) is 14.3. The van der Waals surface area contributed by atoms with Crippen LogP contribution in [-0.2, 0) is 0 Å². The summed E-state index contributed by atoms with van der Waals surface area (Å²) in [5, 5.41) is 0. The summed E-state index contributed by atoms with van der Waals surface area (Å²) in [6.07, 6.45) is 7.19. The van der Waals surface area contributed by atoms with Gasteiger partial charge >= 0.3 is 0 Å². The molecular formula is C18H34N2. The summed E-state index contributed by atoms with van der Waals surface area (Å²) in [5.41, 5.74) is 1.53. The molecule has 2 heteroatoms. The monoisotopic (exact) mass is 278 g/mol. The zero-order chi connectivity index (χ0) is 14.6. The Hall–Kier alpha value is -0.0800. The summed E-state index contributed by atoms with van der Waals surface area (Å²) in [6, 6.07) is 0. The Morgan fingerprint density at radius 2 is 1.50 bits per heavy atom. The van der Waals surface area contributed by atoms with Gasteiger partial charge in [-0.25, -0.2) is 0 Å². The molecule has 0 amide bonds. The predicted octanol–water partition coefficient (Wildman–Crippen LogP) is 3.76. The third-order valence-corrected chi connectivity index (χ3v) is 6.28. The van der Waals surface area contributed by atoms with Crippen molar-refractivity contribution in [3.05, 3.63) is 0 Å². The van der Waals surface area contributed by atoms with Crippen LogP contribution in [0.4, 0.5) is 0 Å². The van der Waals surface area contributed by atoms with Crippen molar-refractivity contribution in [2.24, 2.45) is 11.3 Å². The van der Waals surface area contributed by atoms with E-state index in [0.717, 1.165) is 11.3 Å². The van der Waals surface area contributed by atoms with Crippen molar-refractivity contribution < 1.29 is 0 Å². The largest absolute Gasteiger partial charge is 0.298 e. The fraction of sp³-hybridized carbons (Fsp3) is 1.00. The molecule has 0 aromatic rings. The quantitative estimate of drug-likeness (QED) is 0.775. The number of rotatable bonds is 3. The molecule has 0 radical (unpaired) electrons. The minimum Gasteiger partial charge on any atom is -0.298 e. The van der Waals surface area contributed by atoms with E-state index >= 15 is 0 Å². The maximum Gasteiger partial charge on any atom is 0.0156 e. The van der Waals surface area contributed by atoms with Gasteiger partial charge in [0.1, 0.15) is 0 Å². The summed E-state index contributed by atoms with van der Waals surface area (Å²) in [5.74, 6) is 0.998. The van der Waals surface area contributed by atoms with Gasteiger partial charge < -0.3 is 0 Å². The molecule has 3 aliphatic rings. The molecule has 1 atom stereocenters. The van der Waals surface area contributed by atoms with Crippen LogP contribution in [0.3, 0.4) is 0 Å². The molecule has 3 fully saturated rings. The number of likely N-dealkylation sites (tertiary alicyclic amines) is 2. The minimum atomic E-state index is 0.376. The normalized spacial score (nSPS) is 31.4. The first-order chi connectivity index (χ1) is 9.23. The van der Waals surface area contributed by atoms with Crippen molar-refractivity contribution in [1.29, 1.82) is 0 Å². The SMILES string of the molecule is CC(C)(C)N1CC2(CC2CC(C)(C)N2CCCCC2)C1. The summed E-state index contributed by atoms with van der Waals surface area (Å²) >= 11 is 0. The molecule has 1 aliphatic carbocycles. The third-order valence-electron chi connectivity index (χ3n) is 6.28. The highest BCUT2D eigenvalue weighted by Gasteiger charge is 2.63. The van der Waals surface area contributed by atoms with Gasteiger partial charge in [0, 0.05) is 24.2 Å². The Morgan fingerprint density at radius 1 is 0.900 bits per heavy atom. The van der Waals surface area contributed by atoms with Crippen molar-refractivity contribution in [3.63, 3.8) is 0 Å². The average molecular weight is 278 g/mol. The van der Waals surface area contributed by atoms with Crippen molar-refractivity contribution in [3.8, 4) is 0 Å². The van der Waals surface area contributed by atoms with Crippen LogP contribution in [0.25, 0.3) is 0 Å². The van der Waals surface area contributed by atoms with Crippen LogP contribution in [0.15, 0.2) is 0 Å². The van der Waals surface area contributed by atoms with Gasteiger partial charge in [-0.2, -0.15) is 0 Å². The second-order valence-corrected chi connectivity index (χ2v) is 9.35. The third kappa shape index (κ3) is 2.66. The summed E-state index contributed by atoms with van der Waals surface area (Å²) in [6.45, 7) is 17.4. The van der Waals surface area contributed by atoms with E-state index in [1.165, 1.54) is 58.3 Å². The lowest BCUT2D eigenvalue weighted by atomic mass is 9.83. The van der Waals surface area contributed by atoms with E-state index in [4.69, 9.17) is 0 Å². The van der Waals surface area contributed by atoms with Crippen LogP contribution in [0, 0.1) is 11.3 Å². The molecule has 1 saturated carbocycles. The van der Waals surface area contributed by atoms with Gasteiger partial charge in [-0.05, 0) is 84.7 Å². The van der Waals surface area contributed by atoms with E-state index in [-0.39, 0.29) is 0 Å². The molecule has 0 aromatic carbocycles. The lowest BCUT2D eigenvalue weighted by molar-refractivity contribution is -0.0156. The molecule has 1 spiro atoms. The van der Waals surface area contributed by atoms with Gasteiger partial charge in [0.15, 0.2) is 0 Å². The van der Waals surface area contributed by atoms with Gasteiger partial charge in [0.2, 0.25) is 0 Å². The predicted molar refractivity (Wildman–Crippen MR) is 86.0 cm³/mol. The first-order valence-corrected chi connectivity index (χ1v) is 8.73. The van der Waals surface area contributed by atoms with Gasteiger partial charge in [-0.3, -0.25) is 9.80 Å². The van der Waals surface area contributed by atoms with Crippen molar-refractivity contribution in [2.75, 3.05) is 26.2 Å². The highest BCUT2D eigenvalue weighted by molar-refractivity contribution is 5.15. The standard InChI is InChI=1S/C18H34N2/c1-16(2,3)20-13-18(14-20)12-15(18)11-17(4,5)19-9-7-6-8-10-19/h15H,6-14H2,1-5H3. The Bertz CT molecular complexity index is 354. The molecule has 2 saturated heterocycles. The number of piperidine rings is 1. The second-order valence-electron chi connectivity index (χ2n) is 9.35. The Labute approximate surface area is 125 Å². The topological polar surface area (TPSA) is 6.48 Å². The Balaban J connectivity index is 1.51. The lowest BCUT2D eigenvalue weighted by Crippen LogP contribution is -2.58. The fourth-order valence-corrected chi connectivity index (χ4v) is 4.53. The molecule has 2 heterocycles. The van der Waals surface area contributed by atoms with Crippen molar-refractivity contribution in [1.82, 2.24) is 9.80 Å².